The van der Waals surface area contributed by atoms with E-state index in [2.05, 4.69) is 210 Å². The number of imidazole rings is 1. The zero-order valence-corrected chi connectivity index (χ0v) is 29.5. The molecule has 254 valence electrons. The summed E-state index contributed by atoms with van der Waals surface area (Å²) in [6.45, 7) is 0. The van der Waals surface area contributed by atoms with Gasteiger partial charge in [0.2, 0.25) is 0 Å². The summed E-state index contributed by atoms with van der Waals surface area (Å²) in [5.41, 5.74) is 12.3. The average molecular weight is 690 g/mol. The fourth-order valence-corrected chi connectivity index (χ4v) is 7.78. The lowest BCUT2D eigenvalue weighted by molar-refractivity contribution is 1.10. The third-order valence-electron chi connectivity index (χ3n) is 10.4. The number of aromatic nitrogens is 2. The molecule has 0 spiro atoms. The normalized spacial score (nSPS) is 11.3. The van der Waals surface area contributed by atoms with E-state index in [4.69, 9.17) is 4.98 Å². The van der Waals surface area contributed by atoms with Gasteiger partial charge in [0.15, 0.2) is 0 Å². The van der Waals surface area contributed by atoms with Crippen LogP contribution in [0.2, 0.25) is 0 Å². The minimum atomic E-state index is 0.931. The first kappa shape index (κ1) is 31.5. The summed E-state index contributed by atoms with van der Waals surface area (Å²) < 4.78 is 2.27. The number of hydrogen-bond donors (Lipinski definition) is 0. The van der Waals surface area contributed by atoms with Crippen LogP contribution in [0, 0.1) is 0 Å². The molecule has 0 fully saturated rings. The van der Waals surface area contributed by atoms with Crippen molar-refractivity contribution in [3.63, 3.8) is 0 Å². The lowest BCUT2D eigenvalue weighted by Crippen LogP contribution is -2.10. The van der Waals surface area contributed by atoms with Crippen molar-refractivity contribution in [2.24, 2.45) is 0 Å². The fraction of sp³-hybridized carbons (Fsp3) is 0. The van der Waals surface area contributed by atoms with E-state index in [0.29, 0.717) is 0 Å². The second-order valence-corrected chi connectivity index (χ2v) is 13.6. The summed E-state index contributed by atoms with van der Waals surface area (Å²) in [7, 11) is 0. The Hall–Kier alpha value is -7.23. The molecule has 0 radical (unpaired) electrons. The summed E-state index contributed by atoms with van der Waals surface area (Å²) in [5, 5.41) is 4.92. The molecule has 1 heterocycles. The predicted octanol–water partition coefficient (Wildman–Crippen LogP) is 13.8. The largest absolute Gasteiger partial charge is 0.310 e. The summed E-state index contributed by atoms with van der Waals surface area (Å²) >= 11 is 0. The van der Waals surface area contributed by atoms with Crippen LogP contribution in [-0.4, -0.2) is 9.55 Å². The molecule has 0 atom stereocenters. The van der Waals surface area contributed by atoms with Gasteiger partial charge >= 0.3 is 0 Å². The molecule has 1 aromatic heterocycles. The predicted molar refractivity (Wildman–Crippen MR) is 227 cm³/mol. The quantitative estimate of drug-likeness (QED) is 0.155. The van der Waals surface area contributed by atoms with E-state index in [0.717, 1.165) is 56.3 Å². The molecule has 0 saturated carbocycles. The molecule has 0 aliphatic heterocycles. The Morgan fingerprint density at radius 3 is 1.63 bits per heavy atom. The van der Waals surface area contributed by atoms with E-state index >= 15 is 0 Å². The van der Waals surface area contributed by atoms with Crippen LogP contribution in [-0.2, 0) is 0 Å². The van der Waals surface area contributed by atoms with Crippen LogP contribution in [0.25, 0.3) is 71.9 Å². The molecular formula is C51H35N3. The number of benzene rings is 9. The Morgan fingerprint density at radius 2 is 0.907 bits per heavy atom. The number of hydrogen-bond acceptors (Lipinski definition) is 2. The Labute approximate surface area is 314 Å². The van der Waals surface area contributed by atoms with Gasteiger partial charge in [0, 0.05) is 28.0 Å². The maximum absolute atomic E-state index is 5.07. The van der Waals surface area contributed by atoms with Crippen LogP contribution in [0.1, 0.15) is 0 Å². The Bertz CT molecular complexity index is 2910. The van der Waals surface area contributed by atoms with E-state index in [-0.39, 0.29) is 0 Å². The molecule has 0 aliphatic rings. The van der Waals surface area contributed by atoms with Gasteiger partial charge in [-0.05, 0) is 93.0 Å². The molecule has 3 nitrogen and oxygen atoms in total. The second kappa shape index (κ2) is 13.4. The maximum atomic E-state index is 5.07. The summed E-state index contributed by atoms with van der Waals surface area (Å²) in [5.74, 6) is 0.931. The molecule has 54 heavy (non-hydrogen) atoms. The van der Waals surface area contributed by atoms with Gasteiger partial charge < -0.3 is 4.90 Å². The minimum Gasteiger partial charge on any atom is -0.310 e. The fourth-order valence-electron chi connectivity index (χ4n) is 7.78. The van der Waals surface area contributed by atoms with Crippen molar-refractivity contribution in [3.8, 4) is 39.3 Å². The zero-order valence-electron chi connectivity index (χ0n) is 29.5. The first-order valence-corrected chi connectivity index (χ1v) is 18.4. The van der Waals surface area contributed by atoms with Gasteiger partial charge in [0.25, 0.3) is 0 Å². The van der Waals surface area contributed by atoms with Crippen molar-refractivity contribution in [2.75, 3.05) is 4.90 Å². The lowest BCUT2D eigenvalue weighted by atomic mass is 9.98. The molecule has 0 amide bonds. The minimum absolute atomic E-state index is 0.931. The van der Waals surface area contributed by atoms with Crippen molar-refractivity contribution >= 4 is 49.6 Å². The van der Waals surface area contributed by atoms with Gasteiger partial charge in [0.05, 0.1) is 16.7 Å². The van der Waals surface area contributed by atoms with Gasteiger partial charge in [-0.15, -0.1) is 0 Å². The molecular weight excluding hydrogens is 655 g/mol. The number of nitrogens with zero attached hydrogens (tertiary/aromatic N) is 3. The molecule has 0 bridgehead atoms. The standard InChI is InChI=1S/C51H35N3/c1-3-14-36(15-4-1)37-26-30-42(31-27-37)53(50-35-41-18-7-8-21-45(41)46-22-9-10-23-47(46)50)43-32-28-38(29-33-43)40-19-13-20-44(34-40)54-49-25-12-11-24-48(49)52-51(54)39-16-5-2-6-17-39/h1-35H. The Kier molecular flexibility index (Phi) is 7.81. The number of rotatable bonds is 7. The Balaban J connectivity index is 1.09. The SMILES string of the molecule is c1ccc(-c2ccc(N(c3ccc(-c4cccc(-n5c(-c6ccccc6)nc6ccccc65)c4)cc3)c3cc4ccccc4c4ccccc34)cc2)cc1. The third-order valence-corrected chi connectivity index (χ3v) is 10.4. The zero-order chi connectivity index (χ0) is 35.8. The van der Waals surface area contributed by atoms with Gasteiger partial charge in [-0.1, -0.05) is 158 Å². The first-order valence-electron chi connectivity index (χ1n) is 18.4. The molecule has 0 unspecified atom stereocenters. The van der Waals surface area contributed by atoms with Crippen LogP contribution >= 0.6 is 0 Å². The number of fused-ring (bicyclic) bond motifs is 4. The van der Waals surface area contributed by atoms with Crippen LogP contribution in [0.4, 0.5) is 17.1 Å². The molecule has 0 N–H and O–H groups in total. The van der Waals surface area contributed by atoms with Crippen molar-refractivity contribution in [1.82, 2.24) is 9.55 Å². The molecule has 9 aromatic carbocycles. The summed E-state index contributed by atoms with van der Waals surface area (Å²) in [6, 6.07) is 75.8. The van der Waals surface area contributed by atoms with Gasteiger partial charge in [0.1, 0.15) is 5.82 Å². The average Bonchev–Trinajstić information content (AvgIpc) is 3.65. The third kappa shape index (κ3) is 5.60. The maximum Gasteiger partial charge on any atom is 0.145 e. The van der Waals surface area contributed by atoms with Crippen LogP contribution < -0.4 is 4.90 Å². The molecule has 0 saturated heterocycles. The van der Waals surface area contributed by atoms with Crippen molar-refractivity contribution in [3.05, 3.63) is 212 Å². The first-order chi connectivity index (χ1) is 26.8. The van der Waals surface area contributed by atoms with Crippen molar-refractivity contribution < 1.29 is 0 Å². The summed E-state index contributed by atoms with van der Waals surface area (Å²) in [4.78, 5) is 7.47. The van der Waals surface area contributed by atoms with Crippen LogP contribution in [0.5, 0.6) is 0 Å². The highest BCUT2D eigenvalue weighted by Crippen LogP contribution is 2.43. The number of anilines is 3. The molecule has 10 aromatic rings. The molecule has 3 heteroatoms. The highest BCUT2D eigenvalue weighted by molar-refractivity contribution is 6.14. The van der Waals surface area contributed by atoms with E-state index in [1.165, 1.54) is 32.7 Å². The van der Waals surface area contributed by atoms with Crippen molar-refractivity contribution in [1.29, 1.82) is 0 Å². The monoisotopic (exact) mass is 689 g/mol. The Morgan fingerprint density at radius 1 is 0.370 bits per heavy atom. The van der Waals surface area contributed by atoms with Crippen LogP contribution in [0.15, 0.2) is 212 Å². The van der Waals surface area contributed by atoms with E-state index in [1.807, 2.05) is 12.1 Å². The van der Waals surface area contributed by atoms with Gasteiger partial charge in [-0.3, -0.25) is 4.57 Å². The van der Waals surface area contributed by atoms with Gasteiger partial charge in [-0.25, -0.2) is 4.98 Å². The molecule has 10 rings (SSSR count). The topological polar surface area (TPSA) is 21.1 Å². The lowest BCUT2D eigenvalue weighted by Gasteiger charge is -2.28. The highest BCUT2D eigenvalue weighted by Gasteiger charge is 2.19. The summed E-state index contributed by atoms with van der Waals surface area (Å²) in [6.07, 6.45) is 0. The van der Waals surface area contributed by atoms with Crippen LogP contribution in [0.3, 0.4) is 0 Å². The van der Waals surface area contributed by atoms with E-state index in [1.54, 1.807) is 0 Å². The molecule has 0 aliphatic carbocycles. The van der Waals surface area contributed by atoms with Crippen molar-refractivity contribution in [2.45, 2.75) is 0 Å². The highest BCUT2D eigenvalue weighted by atomic mass is 15.1. The van der Waals surface area contributed by atoms with Gasteiger partial charge in [-0.2, -0.15) is 0 Å². The van der Waals surface area contributed by atoms with E-state index in [9.17, 15) is 0 Å². The number of para-hydroxylation sites is 2. The van der Waals surface area contributed by atoms with E-state index < -0.39 is 0 Å². The smallest absolute Gasteiger partial charge is 0.145 e. The second-order valence-electron chi connectivity index (χ2n) is 13.6.